The van der Waals surface area contributed by atoms with Gasteiger partial charge in [-0.1, -0.05) is 17.7 Å². The lowest BCUT2D eigenvalue weighted by Gasteiger charge is -2.39. The number of aliphatic carboxylic acids is 1. The molecule has 1 aromatic rings. The van der Waals surface area contributed by atoms with Gasteiger partial charge in [0, 0.05) is 11.0 Å². The van der Waals surface area contributed by atoms with Crippen molar-refractivity contribution in [2.24, 2.45) is 0 Å². The number of morpholine rings is 1. The highest BCUT2D eigenvalue weighted by Gasteiger charge is 2.41. The van der Waals surface area contributed by atoms with E-state index in [1.54, 1.807) is 25.1 Å². The molecular weight excluding hydrogens is 350 g/mol. The number of carboxylic acid groups (broad SMARTS) is 1. The van der Waals surface area contributed by atoms with E-state index in [-0.39, 0.29) is 12.5 Å². The van der Waals surface area contributed by atoms with Gasteiger partial charge in [-0.15, -0.1) is 0 Å². The minimum Gasteiger partial charge on any atom is -0.479 e. The fraction of sp³-hybridized carbons (Fsp3) is 0.385. The summed E-state index contributed by atoms with van der Waals surface area (Å²) in [7, 11) is 0. The van der Waals surface area contributed by atoms with Crippen molar-refractivity contribution in [1.82, 2.24) is 4.90 Å². The van der Waals surface area contributed by atoms with Gasteiger partial charge in [0.25, 0.3) is 0 Å². The maximum Gasteiger partial charge on any atom is 0.335 e. The second kappa shape index (κ2) is 6.11. The molecule has 2 atom stereocenters. The topological polar surface area (TPSA) is 66.8 Å². The van der Waals surface area contributed by atoms with Crippen LogP contribution in [0.1, 0.15) is 18.5 Å². The van der Waals surface area contributed by atoms with E-state index in [4.69, 9.17) is 16.3 Å². The largest absolute Gasteiger partial charge is 0.479 e. The lowest BCUT2D eigenvalue weighted by Crippen LogP contribution is -2.51. The first-order valence-electron chi connectivity index (χ1n) is 6.04. The molecule has 1 aromatic carbocycles. The first-order valence-corrected chi connectivity index (χ1v) is 7.21. The normalized spacial score (nSPS) is 22.9. The van der Waals surface area contributed by atoms with Crippen molar-refractivity contribution in [2.45, 2.75) is 19.1 Å². The summed E-state index contributed by atoms with van der Waals surface area (Å²) in [6.45, 7) is 2.01. The molecule has 7 heteroatoms. The van der Waals surface area contributed by atoms with Crippen molar-refractivity contribution in [3.8, 4) is 0 Å². The van der Waals surface area contributed by atoms with Crippen LogP contribution in [0.2, 0.25) is 5.02 Å². The molecule has 0 aromatic heterocycles. The Balaban J connectivity index is 2.46. The minimum atomic E-state index is -1.09. The Morgan fingerprint density at radius 3 is 2.85 bits per heavy atom. The molecule has 0 spiro atoms. The van der Waals surface area contributed by atoms with E-state index in [1.807, 2.05) is 0 Å². The Labute approximate surface area is 129 Å². The highest BCUT2D eigenvalue weighted by atomic mass is 79.9. The van der Waals surface area contributed by atoms with Gasteiger partial charge in [-0.05, 0) is 40.5 Å². The number of hydrogen-bond acceptors (Lipinski definition) is 3. The molecule has 1 heterocycles. The highest BCUT2D eigenvalue weighted by molar-refractivity contribution is 9.10. The quantitative estimate of drug-likeness (QED) is 0.897. The van der Waals surface area contributed by atoms with E-state index in [9.17, 15) is 14.7 Å². The van der Waals surface area contributed by atoms with Crippen LogP contribution < -0.4 is 0 Å². The fourth-order valence-corrected chi connectivity index (χ4v) is 2.80. The zero-order chi connectivity index (χ0) is 14.9. The first kappa shape index (κ1) is 15.3. The van der Waals surface area contributed by atoms with Crippen LogP contribution in [0.5, 0.6) is 0 Å². The van der Waals surface area contributed by atoms with Crippen LogP contribution in [0.4, 0.5) is 0 Å². The minimum absolute atomic E-state index is 0.212. The molecule has 1 aliphatic heterocycles. The van der Waals surface area contributed by atoms with E-state index < -0.39 is 18.1 Å². The van der Waals surface area contributed by atoms with Gasteiger partial charge in [0.1, 0.15) is 6.61 Å². The molecule has 2 rings (SSSR count). The number of hydrogen-bond donors (Lipinski definition) is 1. The van der Waals surface area contributed by atoms with Gasteiger partial charge in [0.05, 0.1) is 11.1 Å². The molecule has 1 saturated heterocycles. The molecule has 0 bridgehead atoms. The molecular formula is C13H13BrClNO4. The van der Waals surface area contributed by atoms with E-state index in [0.29, 0.717) is 21.6 Å². The van der Waals surface area contributed by atoms with E-state index in [0.717, 1.165) is 0 Å². The summed E-state index contributed by atoms with van der Waals surface area (Å²) in [6.07, 6.45) is -1.08. The monoisotopic (exact) mass is 361 g/mol. The standard InChI is InChI=1S/C13H13BrClNO4/c1-2-16-10(17)6-20-12(13(18)19)11(16)7-3-4-9(15)8(14)5-7/h3-5,11-12H,2,6H2,1H3,(H,18,19). The molecule has 5 nitrogen and oxygen atoms in total. The molecule has 1 fully saturated rings. The summed E-state index contributed by atoms with van der Waals surface area (Å²) in [5.41, 5.74) is 0.670. The maximum atomic E-state index is 11.9. The smallest absolute Gasteiger partial charge is 0.335 e. The number of ether oxygens (including phenoxy) is 1. The van der Waals surface area contributed by atoms with Crippen molar-refractivity contribution in [1.29, 1.82) is 0 Å². The highest BCUT2D eigenvalue weighted by Crippen LogP contribution is 2.33. The predicted octanol–water partition coefficient (Wildman–Crippen LogP) is 2.48. The first-order chi connectivity index (χ1) is 9.45. The van der Waals surface area contributed by atoms with Gasteiger partial charge in [-0.3, -0.25) is 4.79 Å². The van der Waals surface area contributed by atoms with Gasteiger partial charge in [-0.2, -0.15) is 0 Å². The fourth-order valence-electron chi connectivity index (χ4n) is 2.28. The van der Waals surface area contributed by atoms with Gasteiger partial charge in [0.15, 0.2) is 6.10 Å². The number of amides is 1. The summed E-state index contributed by atoms with van der Waals surface area (Å²) < 4.78 is 5.83. The number of nitrogens with zero attached hydrogens (tertiary/aromatic N) is 1. The van der Waals surface area contributed by atoms with Crippen LogP contribution in [0, 0.1) is 0 Å². The summed E-state index contributed by atoms with van der Waals surface area (Å²) in [6, 6.07) is 4.42. The van der Waals surface area contributed by atoms with Crippen molar-refractivity contribution in [3.05, 3.63) is 33.3 Å². The average molecular weight is 363 g/mol. The number of carboxylic acids is 1. The van der Waals surface area contributed by atoms with E-state index in [1.165, 1.54) is 4.90 Å². The number of likely N-dealkylation sites (N-methyl/N-ethyl adjacent to an activating group) is 1. The number of carbonyl (C=O) groups excluding carboxylic acids is 1. The second-order valence-corrected chi connectivity index (χ2v) is 5.63. The molecule has 108 valence electrons. The number of halogens is 2. The zero-order valence-electron chi connectivity index (χ0n) is 10.7. The number of rotatable bonds is 3. The van der Waals surface area contributed by atoms with Crippen LogP contribution in [-0.2, 0) is 14.3 Å². The Bertz CT molecular complexity index is 549. The molecule has 0 saturated carbocycles. The third-order valence-corrected chi connectivity index (χ3v) is 4.41. The number of carbonyl (C=O) groups is 2. The maximum absolute atomic E-state index is 11.9. The molecule has 1 aliphatic rings. The Morgan fingerprint density at radius 2 is 2.30 bits per heavy atom. The lowest BCUT2D eigenvalue weighted by atomic mass is 9.98. The van der Waals surface area contributed by atoms with Crippen LogP contribution in [0.25, 0.3) is 0 Å². The van der Waals surface area contributed by atoms with Crippen LogP contribution in [-0.4, -0.2) is 41.1 Å². The number of benzene rings is 1. The molecule has 0 aliphatic carbocycles. The van der Waals surface area contributed by atoms with Crippen LogP contribution >= 0.6 is 27.5 Å². The predicted molar refractivity (Wildman–Crippen MR) is 76.7 cm³/mol. The van der Waals surface area contributed by atoms with Crippen molar-refractivity contribution in [2.75, 3.05) is 13.2 Å². The molecule has 1 amide bonds. The zero-order valence-corrected chi connectivity index (χ0v) is 13.0. The van der Waals surface area contributed by atoms with Crippen molar-refractivity contribution >= 4 is 39.4 Å². The van der Waals surface area contributed by atoms with Crippen molar-refractivity contribution < 1.29 is 19.4 Å². The Kier molecular flexibility index (Phi) is 4.67. The van der Waals surface area contributed by atoms with Gasteiger partial charge < -0.3 is 14.7 Å². The second-order valence-electron chi connectivity index (χ2n) is 4.37. The summed E-state index contributed by atoms with van der Waals surface area (Å²) >= 11 is 9.25. The summed E-state index contributed by atoms with van der Waals surface area (Å²) in [4.78, 5) is 24.8. The van der Waals surface area contributed by atoms with Crippen LogP contribution in [0.15, 0.2) is 22.7 Å². The van der Waals surface area contributed by atoms with Crippen LogP contribution in [0.3, 0.4) is 0 Å². The van der Waals surface area contributed by atoms with Gasteiger partial charge >= 0.3 is 5.97 Å². The van der Waals surface area contributed by atoms with E-state index in [2.05, 4.69) is 15.9 Å². The summed E-state index contributed by atoms with van der Waals surface area (Å²) in [5, 5.41) is 9.81. The Hall–Kier alpha value is -1.11. The Morgan fingerprint density at radius 1 is 1.60 bits per heavy atom. The average Bonchev–Trinajstić information content (AvgIpc) is 2.41. The SMILES string of the molecule is CCN1C(=O)COC(C(=O)O)C1c1ccc(Cl)c(Br)c1. The molecule has 20 heavy (non-hydrogen) atoms. The molecule has 2 unspecified atom stereocenters. The molecule has 1 N–H and O–H groups in total. The van der Waals surface area contributed by atoms with E-state index >= 15 is 0 Å². The third-order valence-electron chi connectivity index (χ3n) is 3.20. The van der Waals surface area contributed by atoms with Crippen molar-refractivity contribution in [3.63, 3.8) is 0 Å². The molecule has 0 radical (unpaired) electrons. The third kappa shape index (κ3) is 2.82. The van der Waals surface area contributed by atoms with Gasteiger partial charge in [0.2, 0.25) is 5.91 Å². The lowest BCUT2D eigenvalue weighted by molar-refractivity contribution is -0.172. The summed E-state index contributed by atoms with van der Waals surface area (Å²) in [5.74, 6) is -1.31. The van der Waals surface area contributed by atoms with Gasteiger partial charge in [-0.25, -0.2) is 4.79 Å².